The van der Waals surface area contributed by atoms with Crippen LogP contribution in [0.4, 0.5) is 27.7 Å². The fourth-order valence-corrected chi connectivity index (χ4v) is 2.60. The number of H-pyrrole nitrogens is 1. The fraction of sp³-hybridized carbons (Fsp3) is 0.312. The molecular weight excluding hydrogens is 369 g/mol. The summed E-state index contributed by atoms with van der Waals surface area (Å²) in [5, 5.41) is 24.2. The molecule has 0 saturated heterocycles. The van der Waals surface area contributed by atoms with Gasteiger partial charge in [0.15, 0.2) is 11.6 Å². The van der Waals surface area contributed by atoms with Crippen LogP contribution in [-0.4, -0.2) is 35.1 Å². The fourth-order valence-electron chi connectivity index (χ4n) is 2.60. The summed E-state index contributed by atoms with van der Waals surface area (Å²) in [4.78, 5) is 26.7. The SMILES string of the molecule is C[C@H](Nc1ncc([N+](=O)[O-])c(Nc2cc(C3CC3)[nH]n2)n1)c1ncc(F)cn1. The Hall–Kier alpha value is -3.70. The quantitative estimate of drug-likeness (QED) is 0.412. The Morgan fingerprint density at radius 3 is 2.71 bits per heavy atom. The lowest BCUT2D eigenvalue weighted by molar-refractivity contribution is -0.384. The third-order valence-electron chi connectivity index (χ3n) is 4.20. The largest absolute Gasteiger partial charge is 0.344 e. The van der Waals surface area contributed by atoms with E-state index in [9.17, 15) is 14.5 Å². The molecule has 1 aliphatic rings. The van der Waals surface area contributed by atoms with Gasteiger partial charge in [-0.15, -0.1) is 0 Å². The maximum absolute atomic E-state index is 13.0. The molecular formula is C16H16FN9O2. The molecule has 3 aromatic heterocycles. The molecule has 3 heterocycles. The van der Waals surface area contributed by atoms with Crippen molar-refractivity contribution in [3.63, 3.8) is 0 Å². The standard InChI is InChI=1S/C16H16FN9O2/c1-8(14-18-5-10(17)6-19-14)21-16-20-7-12(26(27)28)15(23-16)22-13-4-11(24-25-13)9-2-3-9/h4-9H,2-3H2,1H3,(H3,20,21,22,23,24,25)/t8-/m0/s1. The Balaban J connectivity index is 1.55. The summed E-state index contributed by atoms with van der Waals surface area (Å²) in [5.41, 5.74) is 0.701. The van der Waals surface area contributed by atoms with E-state index in [1.54, 1.807) is 6.92 Å². The number of aromatic amines is 1. The van der Waals surface area contributed by atoms with Crippen LogP contribution in [0.25, 0.3) is 0 Å². The van der Waals surface area contributed by atoms with Gasteiger partial charge in [0.2, 0.25) is 11.8 Å². The molecule has 3 N–H and O–H groups in total. The molecule has 0 amide bonds. The number of aromatic nitrogens is 6. The molecule has 0 aliphatic heterocycles. The highest BCUT2D eigenvalue weighted by Crippen LogP contribution is 2.40. The molecule has 1 fully saturated rings. The van der Waals surface area contributed by atoms with E-state index in [-0.39, 0.29) is 17.5 Å². The van der Waals surface area contributed by atoms with Crippen molar-refractivity contribution in [2.75, 3.05) is 10.6 Å². The molecule has 0 radical (unpaired) electrons. The lowest BCUT2D eigenvalue weighted by Crippen LogP contribution is -2.13. The van der Waals surface area contributed by atoms with Gasteiger partial charge in [0.25, 0.3) is 0 Å². The van der Waals surface area contributed by atoms with E-state index in [0.29, 0.717) is 17.6 Å². The first kappa shape index (κ1) is 17.7. The number of hydrogen-bond acceptors (Lipinski definition) is 9. The first-order chi connectivity index (χ1) is 13.5. The van der Waals surface area contributed by atoms with Crippen LogP contribution in [0.2, 0.25) is 0 Å². The molecule has 11 nitrogen and oxygen atoms in total. The smallest absolute Gasteiger partial charge is 0.330 e. The van der Waals surface area contributed by atoms with Crippen molar-refractivity contribution < 1.29 is 9.31 Å². The first-order valence-corrected chi connectivity index (χ1v) is 8.57. The van der Waals surface area contributed by atoms with Crippen molar-refractivity contribution >= 4 is 23.3 Å². The van der Waals surface area contributed by atoms with Gasteiger partial charge in [0, 0.05) is 17.7 Å². The third kappa shape index (κ3) is 3.84. The average Bonchev–Trinajstić information content (AvgIpc) is 3.42. The monoisotopic (exact) mass is 385 g/mol. The maximum Gasteiger partial charge on any atom is 0.330 e. The Morgan fingerprint density at radius 1 is 1.29 bits per heavy atom. The highest BCUT2D eigenvalue weighted by atomic mass is 19.1. The molecule has 1 atom stereocenters. The highest BCUT2D eigenvalue weighted by Gasteiger charge is 2.26. The van der Waals surface area contributed by atoms with Crippen LogP contribution < -0.4 is 10.6 Å². The van der Waals surface area contributed by atoms with Crippen LogP contribution in [0.1, 0.15) is 43.2 Å². The van der Waals surface area contributed by atoms with Gasteiger partial charge in [-0.1, -0.05) is 0 Å². The van der Waals surface area contributed by atoms with Gasteiger partial charge in [-0.2, -0.15) is 10.1 Å². The first-order valence-electron chi connectivity index (χ1n) is 8.57. The van der Waals surface area contributed by atoms with Gasteiger partial charge < -0.3 is 10.6 Å². The highest BCUT2D eigenvalue weighted by molar-refractivity contribution is 5.64. The summed E-state index contributed by atoms with van der Waals surface area (Å²) in [7, 11) is 0. The minimum Gasteiger partial charge on any atom is -0.344 e. The Labute approximate surface area is 158 Å². The zero-order valence-corrected chi connectivity index (χ0v) is 14.8. The molecule has 0 unspecified atom stereocenters. The zero-order chi connectivity index (χ0) is 19.7. The van der Waals surface area contributed by atoms with Crippen LogP contribution in [0, 0.1) is 15.9 Å². The number of nitro groups is 1. The number of nitrogens with one attached hydrogen (secondary N) is 3. The van der Waals surface area contributed by atoms with Crippen LogP contribution >= 0.6 is 0 Å². The second-order valence-electron chi connectivity index (χ2n) is 6.42. The molecule has 1 saturated carbocycles. The maximum atomic E-state index is 13.0. The van der Waals surface area contributed by atoms with Crippen molar-refractivity contribution in [1.82, 2.24) is 30.1 Å². The minimum atomic E-state index is -0.576. The summed E-state index contributed by atoms with van der Waals surface area (Å²) in [6.07, 6.45) is 5.42. The second kappa shape index (κ2) is 7.13. The predicted molar refractivity (Wildman–Crippen MR) is 96.6 cm³/mol. The number of halogens is 1. The van der Waals surface area contributed by atoms with E-state index in [1.807, 2.05) is 6.07 Å². The van der Waals surface area contributed by atoms with E-state index < -0.39 is 16.8 Å². The molecule has 0 aromatic carbocycles. The molecule has 4 rings (SSSR count). The van der Waals surface area contributed by atoms with Gasteiger partial charge in [-0.25, -0.2) is 19.3 Å². The Kier molecular flexibility index (Phi) is 4.51. The van der Waals surface area contributed by atoms with Gasteiger partial charge in [-0.05, 0) is 19.8 Å². The normalized spacial score (nSPS) is 14.5. The summed E-state index contributed by atoms with van der Waals surface area (Å²) < 4.78 is 13.0. The zero-order valence-electron chi connectivity index (χ0n) is 14.8. The molecule has 0 spiro atoms. The summed E-state index contributed by atoms with van der Waals surface area (Å²) in [6, 6.07) is 1.37. The van der Waals surface area contributed by atoms with E-state index in [0.717, 1.165) is 37.1 Å². The molecule has 144 valence electrons. The molecule has 0 bridgehead atoms. The minimum absolute atomic E-state index is 0.00331. The number of rotatable bonds is 7. The van der Waals surface area contributed by atoms with Gasteiger partial charge in [-0.3, -0.25) is 15.2 Å². The Bertz CT molecular complexity index is 1000. The number of anilines is 3. The number of hydrogen-bond donors (Lipinski definition) is 3. The van der Waals surface area contributed by atoms with Crippen molar-refractivity contribution in [3.8, 4) is 0 Å². The van der Waals surface area contributed by atoms with Crippen LogP contribution in [0.15, 0.2) is 24.7 Å². The summed E-state index contributed by atoms with van der Waals surface area (Å²) in [6.45, 7) is 1.74. The number of nitrogens with zero attached hydrogens (tertiary/aromatic N) is 6. The van der Waals surface area contributed by atoms with Gasteiger partial charge >= 0.3 is 5.69 Å². The van der Waals surface area contributed by atoms with Crippen molar-refractivity contribution in [3.05, 3.63) is 52.1 Å². The second-order valence-corrected chi connectivity index (χ2v) is 6.42. The van der Waals surface area contributed by atoms with E-state index >= 15 is 0 Å². The van der Waals surface area contributed by atoms with E-state index in [1.165, 1.54) is 0 Å². The third-order valence-corrected chi connectivity index (χ3v) is 4.20. The predicted octanol–water partition coefficient (Wildman–Crippen LogP) is 2.83. The van der Waals surface area contributed by atoms with Gasteiger partial charge in [0.1, 0.15) is 12.0 Å². The molecule has 3 aromatic rings. The lowest BCUT2D eigenvalue weighted by atomic mass is 10.3. The average molecular weight is 385 g/mol. The van der Waals surface area contributed by atoms with Crippen molar-refractivity contribution in [2.45, 2.75) is 31.7 Å². The van der Waals surface area contributed by atoms with Crippen LogP contribution in [0.3, 0.4) is 0 Å². The van der Waals surface area contributed by atoms with E-state index in [4.69, 9.17) is 0 Å². The molecule has 28 heavy (non-hydrogen) atoms. The van der Waals surface area contributed by atoms with Crippen LogP contribution in [0.5, 0.6) is 0 Å². The summed E-state index contributed by atoms with van der Waals surface area (Å²) >= 11 is 0. The van der Waals surface area contributed by atoms with Gasteiger partial charge in [0.05, 0.1) is 23.4 Å². The topological polar surface area (TPSA) is 147 Å². The van der Waals surface area contributed by atoms with Crippen LogP contribution in [-0.2, 0) is 0 Å². The molecule has 12 heteroatoms. The summed E-state index contributed by atoms with van der Waals surface area (Å²) in [5.74, 6) is 0.828. The Morgan fingerprint density at radius 2 is 2.04 bits per heavy atom. The van der Waals surface area contributed by atoms with Crippen molar-refractivity contribution in [1.29, 1.82) is 0 Å². The van der Waals surface area contributed by atoms with E-state index in [2.05, 4.69) is 40.8 Å². The van der Waals surface area contributed by atoms with Crippen molar-refractivity contribution in [2.24, 2.45) is 0 Å². The molecule has 1 aliphatic carbocycles. The lowest BCUT2D eigenvalue weighted by Gasteiger charge is -2.13.